The van der Waals surface area contributed by atoms with Gasteiger partial charge in [-0.2, -0.15) is 0 Å². The standard InChI is InChI=1S/C17H26O3/c1-2-20-16(19)8-15(18)3-4-17-9-12-5-13(10-17)7-14(6-12)11-17/h12-14H,2-11H2,1H3. The van der Waals surface area contributed by atoms with E-state index in [9.17, 15) is 9.59 Å². The molecule has 4 rings (SSSR count). The van der Waals surface area contributed by atoms with Gasteiger partial charge in [0.25, 0.3) is 0 Å². The van der Waals surface area contributed by atoms with Crippen LogP contribution in [0.4, 0.5) is 0 Å². The quantitative estimate of drug-likeness (QED) is 0.551. The minimum atomic E-state index is -0.358. The summed E-state index contributed by atoms with van der Waals surface area (Å²) in [5.41, 5.74) is 0.444. The minimum absolute atomic E-state index is 0.0276. The maximum Gasteiger partial charge on any atom is 0.313 e. The zero-order valence-corrected chi connectivity index (χ0v) is 12.5. The van der Waals surface area contributed by atoms with E-state index in [1.54, 1.807) is 6.92 Å². The second kappa shape index (κ2) is 5.50. The van der Waals surface area contributed by atoms with Gasteiger partial charge in [-0.1, -0.05) is 0 Å². The van der Waals surface area contributed by atoms with Gasteiger partial charge in [-0.3, -0.25) is 9.59 Å². The molecule has 4 bridgehead atoms. The number of rotatable bonds is 6. The molecule has 4 saturated carbocycles. The summed E-state index contributed by atoms with van der Waals surface area (Å²) in [4.78, 5) is 23.3. The van der Waals surface area contributed by atoms with Crippen LogP contribution in [0.5, 0.6) is 0 Å². The van der Waals surface area contributed by atoms with Crippen molar-refractivity contribution < 1.29 is 14.3 Å². The first-order valence-electron chi connectivity index (χ1n) is 8.26. The zero-order valence-electron chi connectivity index (χ0n) is 12.5. The highest BCUT2D eigenvalue weighted by atomic mass is 16.5. The summed E-state index contributed by atoms with van der Waals surface area (Å²) in [5.74, 6) is 2.51. The number of hydrogen-bond donors (Lipinski definition) is 0. The molecule has 0 heterocycles. The first kappa shape index (κ1) is 14.1. The Morgan fingerprint density at radius 1 is 1.05 bits per heavy atom. The molecule has 3 heteroatoms. The minimum Gasteiger partial charge on any atom is -0.466 e. The van der Waals surface area contributed by atoms with Crippen molar-refractivity contribution >= 4 is 11.8 Å². The molecule has 4 fully saturated rings. The van der Waals surface area contributed by atoms with Crippen molar-refractivity contribution in [2.45, 2.75) is 64.7 Å². The molecule has 0 amide bonds. The molecule has 0 atom stereocenters. The summed E-state index contributed by atoms with van der Waals surface area (Å²) in [6.45, 7) is 2.14. The van der Waals surface area contributed by atoms with Gasteiger partial charge in [-0.15, -0.1) is 0 Å². The lowest BCUT2D eigenvalue weighted by Crippen LogP contribution is -2.46. The summed E-state index contributed by atoms with van der Waals surface area (Å²) in [7, 11) is 0. The molecule has 4 aliphatic carbocycles. The van der Waals surface area contributed by atoms with Gasteiger partial charge in [0.05, 0.1) is 6.61 Å². The first-order chi connectivity index (χ1) is 9.58. The van der Waals surface area contributed by atoms with Crippen LogP contribution < -0.4 is 0 Å². The van der Waals surface area contributed by atoms with Crippen molar-refractivity contribution in [1.29, 1.82) is 0 Å². The average Bonchev–Trinajstić information content (AvgIpc) is 2.35. The fourth-order valence-corrected chi connectivity index (χ4v) is 5.46. The van der Waals surface area contributed by atoms with Crippen LogP contribution in [0.2, 0.25) is 0 Å². The molecule has 0 radical (unpaired) electrons. The van der Waals surface area contributed by atoms with Gasteiger partial charge in [0, 0.05) is 6.42 Å². The summed E-state index contributed by atoms with van der Waals surface area (Å²) in [6, 6.07) is 0. The predicted molar refractivity (Wildman–Crippen MR) is 76.1 cm³/mol. The van der Waals surface area contributed by atoms with Crippen LogP contribution in [0.1, 0.15) is 64.7 Å². The van der Waals surface area contributed by atoms with Crippen LogP contribution in [0, 0.1) is 23.2 Å². The number of Topliss-reactive ketones (excluding diaryl/α,β-unsaturated/α-hetero) is 1. The highest BCUT2D eigenvalue weighted by molar-refractivity contribution is 5.95. The molecule has 0 unspecified atom stereocenters. The lowest BCUT2D eigenvalue weighted by molar-refractivity contribution is -0.145. The first-order valence-corrected chi connectivity index (χ1v) is 8.26. The predicted octanol–water partition coefficient (Wildman–Crippen LogP) is 3.51. The smallest absolute Gasteiger partial charge is 0.313 e. The van der Waals surface area contributed by atoms with Gasteiger partial charge in [0.15, 0.2) is 0 Å². The Balaban J connectivity index is 1.51. The molecule has 4 aliphatic rings. The molecular formula is C17H26O3. The normalized spacial score (nSPS) is 38.0. The average molecular weight is 278 g/mol. The molecule has 0 aromatic rings. The monoisotopic (exact) mass is 278 g/mol. The van der Waals surface area contributed by atoms with Crippen LogP contribution in [0.25, 0.3) is 0 Å². The van der Waals surface area contributed by atoms with E-state index in [1.165, 1.54) is 38.5 Å². The lowest BCUT2D eigenvalue weighted by atomic mass is 9.48. The van der Waals surface area contributed by atoms with Crippen LogP contribution >= 0.6 is 0 Å². The summed E-state index contributed by atoms with van der Waals surface area (Å²) in [6.07, 6.45) is 9.89. The van der Waals surface area contributed by atoms with Crippen molar-refractivity contribution in [3.63, 3.8) is 0 Å². The Morgan fingerprint density at radius 2 is 1.60 bits per heavy atom. The van der Waals surface area contributed by atoms with Gasteiger partial charge in [-0.05, 0) is 75.0 Å². The fourth-order valence-electron chi connectivity index (χ4n) is 5.46. The van der Waals surface area contributed by atoms with E-state index in [4.69, 9.17) is 4.74 Å². The number of esters is 1. The Morgan fingerprint density at radius 3 is 2.10 bits per heavy atom. The van der Waals surface area contributed by atoms with Crippen LogP contribution in [0.15, 0.2) is 0 Å². The second-order valence-corrected chi connectivity index (χ2v) is 7.44. The topological polar surface area (TPSA) is 43.4 Å². The van der Waals surface area contributed by atoms with Crippen molar-refractivity contribution in [3.8, 4) is 0 Å². The van der Waals surface area contributed by atoms with Gasteiger partial charge < -0.3 is 4.74 Å². The maximum atomic E-state index is 11.9. The molecular weight excluding hydrogens is 252 g/mol. The fraction of sp³-hybridized carbons (Fsp3) is 0.882. The van der Waals surface area contributed by atoms with Gasteiger partial charge >= 0.3 is 5.97 Å². The zero-order chi connectivity index (χ0) is 14.2. The van der Waals surface area contributed by atoms with E-state index < -0.39 is 0 Å². The van der Waals surface area contributed by atoms with Crippen LogP contribution in [-0.4, -0.2) is 18.4 Å². The number of carbonyl (C=O) groups is 2. The highest BCUT2D eigenvalue weighted by Gasteiger charge is 2.50. The summed E-state index contributed by atoms with van der Waals surface area (Å²) >= 11 is 0. The van der Waals surface area contributed by atoms with E-state index in [0.717, 1.165) is 24.2 Å². The largest absolute Gasteiger partial charge is 0.466 e. The molecule has 20 heavy (non-hydrogen) atoms. The van der Waals surface area contributed by atoms with Crippen LogP contribution in [0.3, 0.4) is 0 Å². The van der Waals surface area contributed by atoms with Crippen LogP contribution in [-0.2, 0) is 14.3 Å². The third kappa shape index (κ3) is 2.91. The van der Waals surface area contributed by atoms with Crippen molar-refractivity contribution in [1.82, 2.24) is 0 Å². The molecule has 0 N–H and O–H groups in total. The number of carbonyl (C=O) groups excluding carboxylic acids is 2. The Kier molecular flexibility index (Phi) is 3.87. The molecule has 0 aliphatic heterocycles. The molecule has 0 aromatic carbocycles. The van der Waals surface area contributed by atoms with Crippen molar-refractivity contribution in [2.24, 2.45) is 23.2 Å². The van der Waals surface area contributed by atoms with E-state index >= 15 is 0 Å². The summed E-state index contributed by atoms with van der Waals surface area (Å²) in [5, 5.41) is 0. The summed E-state index contributed by atoms with van der Waals surface area (Å²) < 4.78 is 4.85. The van der Waals surface area contributed by atoms with Crippen molar-refractivity contribution in [3.05, 3.63) is 0 Å². The maximum absolute atomic E-state index is 11.9. The number of ketones is 1. The van der Waals surface area contributed by atoms with Crippen molar-refractivity contribution in [2.75, 3.05) is 6.61 Å². The Bertz CT molecular complexity index is 364. The van der Waals surface area contributed by atoms with Gasteiger partial charge in [-0.25, -0.2) is 0 Å². The van der Waals surface area contributed by atoms with Gasteiger partial charge in [0.2, 0.25) is 0 Å². The third-order valence-electron chi connectivity index (χ3n) is 5.75. The number of ether oxygens (including phenoxy) is 1. The van der Waals surface area contributed by atoms with E-state index in [-0.39, 0.29) is 18.2 Å². The molecule has 3 nitrogen and oxygen atoms in total. The van der Waals surface area contributed by atoms with Gasteiger partial charge in [0.1, 0.15) is 12.2 Å². The van der Waals surface area contributed by atoms with E-state index in [0.29, 0.717) is 18.4 Å². The highest BCUT2D eigenvalue weighted by Crippen LogP contribution is 2.61. The Labute approximate surface area is 121 Å². The third-order valence-corrected chi connectivity index (χ3v) is 5.75. The Hall–Kier alpha value is -0.860. The number of hydrogen-bond acceptors (Lipinski definition) is 3. The second-order valence-electron chi connectivity index (χ2n) is 7.44. The van der Waals surface area contributed by atoms with E-state index in [1.807, 2.05) is 0 Å². The molecule has 0 aromatic heterocycles. The SMILES string of the molecule is CCOC(=O)CC(=O)CCC12CC3CC(CC(C3)C1)C2. The lowest BCUT2D eigenvalue weighted by Gasteiger charge is -2.57. The van der Waals surface area contributed by atoms with E-state index in [2.05, 4.69) is 0 Å². The molecule has 0 spiro atoms. The molecule has 112 valence electrons. The molecule has 0 saturated heterocycles.